The van der Waals surface area contributed by atoms with Gasteiger partial charge >= 0.3 is 0 Å². The van der Waals surface area contributed by atoms with Gasteiger partial charge in [0.15, 0.2) is 6.23 Å². The lowest BCUT2D eigenvalue weighted by Gasteiger charge is -2.14. The molecule has 0 bridgehead atoms. The van der Waals surface area contributed by atoms with Crippen LogP contribution in [0.2, 0.25) is 0 Å². The minimum absolute atomic E-state index is 0.400. The predicted octanol–water partition coefficient (Wildman–Crippen LogP) is 5.37. The predicted molar refractivity (Wildman–Crippen MR) is 87.1 cm³/mol. The van der Waals surface area contributed by atoms with Crippen LogP contribution in [0.4, 0.5) is 0 Å². The Balaban J connectivity index is 1.84. The molecule has 0 amide bonds. The Kier molecular flexibility index (Phi) is 4.35. The average molecular weight is 289 g/mol. The van der Waals surface area contributed by atoms with Gasteiger partial charge in [-0.25, -0.2) is 0 Å². The summed E-state index contributed by atoms with van der Waals surface area (Å²) in [6.07, 6.45) is -0.630. The zero-order chi connectivity index (χ0) is 15.2. The summed E-state index contributed by atoms with van der Waals surface area (Å²) in [5, 5.41) is 6.02. The molecule has 0 heterocycles. The zero-order valence-corrected chi connectivity index (χ0v) is 12.0. The molecule has 1 unspecified atom stereocenters. The summed E-state index contributed by atoms with van der Waals surface area (Å²) >= 11 is 0. The molecule has 3 aromatic rings. The van der Waals surface area contributed by atoms with E-state index >= 15 is 0 Å². The normalized spacial score (nSPS) is 11.8. The van der Waals surface area contributed by atoms with Crippen LogP contribution >= 0.6 is 0 Å². The molecule has 0 aromatic heterocycles. The molecule has 22 heavy (non-hydrogen) atoms. The number of hydrogen-bond donors (Lipinski definition) is 0. The third kappa shape index (κ3) is 3.26. The van der Waals surface area contributed by atoms with Crippen molar-refractivity contribution in [1.29, 1.82) is 0 Å². The Morgan fingerprint density at radius 2 is 1.64 bits per heavy atom. The Morgan fingerprint density at radius 1 is 0.909 bits per heavy atom. The van der Waals surface area contributed by atoms with Crippen LogP contribution in [-0.2, 0) is 11.3 Å². The van der Waals surface area contributed by atoms with Gasteiger partial charge in [-0.3, -0.25) is 0 Å². The molecule has 4 heteroatoms. The van der Waals surface area contributed by atoms with Gasteiger partial charge in [0.1, 0.15) is 0 Å². The Hall–Kier alpha value is -2.81. The second-order valence-electron chi connectivity index (χ2n) is 4.96. The third-order valence-corrected chi connectivity index (χ3v) is 3.47. The Labute approximate surface area is 128 Å². The molecule has 3 aromatic carbocycles. The molecule has 0 aliphatic rings. The van der Waals surface area contributed by atoms with Crippen molar-refractivity contribution < 1.29 is 4.74 Å². The molecule has 0 fully saturated rings. The molecule has 0 spiro atoms. The van der Waals surface area contributed by atoms with E-state index in [9.17, 15) is 0 Å². The van der Waals surface area contributed by atoms with Gasteiger partial charge in [-0.2, -0.15) is 0 Å². The van der Waals surface area contributed by atoms with E-state index in [1.165, 1.54) is 0 Å². The molecule has 3 rings (SSSR count). The maximum atomic E-state index is 8.79. The van der Waals surface area contributed by atoms with Crippen molar-refractivity contribution in [1.82, 2.24) is 0 Å². The van der Waals surface area contributed by atoms with Crippen LogP contribution in [0.3, 0.4) is 0 Å². The van der Waals surface area contributed by atoms with E-state index in [0.29, 0.717) is 6.61 Å². The summed E-state index contributed by atoms with van der Waals surface area (Å²) in [4.78, 5) is 2.90. The van der Waals surface area contributed by atoms with Crippen LogP contribution in [0.25, 0.3) is 21.2 Å². The van der Waals surface area contributed by atoms with Gasteiger partial charge in [-0.05, 0) is 33.5 Å². The molecule has 0 saturated heterocycles. The van der Waals surface area contributed by atoms with Crippen LogP contribution in [-0.4, -0.2) is 0 Å². The van der Waals surface area contributed by atoms with Gasteiger partial charge in [0.25, 0.3) is 0 Å². The summed E-state index contributed by atoms with van der Waals surface area (Å²) in [7, 11) is 0. The highest BCUT2D eigenvalue weighted by molar-refractivity contribution is 5.83. The van der Waals surface area contributed by atoms with Gasteiger partial charge in [0.2, 0.25) is 0 Å². The van der Waals surface area contributed by atoms with E-state index in [2.05, 4.69) is 10.0 Å². The first-order valence-corrected chi connectivity index (χ1v) is 7.05. The highest BCUT2D eigenvalue weighted by atomic mass is 16.5. The van der Waals surface area contributed by atoms with Gasteiger partial charge in [-0.1, -0.05) is 71.8 Å². The lowest BCUT2D eigenvalue weighted by Crippen LogP contribution is -2.01. The van der Waals surface area contributed by atoms with E-state index in [-0.39, 0.29) is 0 Å². The summed E-state index contributed by atoms with van der Waals surface area (Å²) in [5.74, 6) is 0. The quantitative estimate of drug-likeness (QED) is 0.354. The van der Waals surface area contributed by atoms with E-state index in [1.807, 2.05) is 72.8 Å². The molecule has 0 saturated carbocycles. The fraction of sp³-hybridized carbons (Fsp3) is 0.111. The van der Waals surface area contributed by atoms with Crippen molar-refractivity contribution in [3.05, 3.63) is 94.4 Å². The molecular weight excluding hydrogens is 274 g/mol. The fourth-order valence-electron chi connectivity index (χ4n) is 2.35. The summed E-state index contributed by atoms with van der Waals surface area (Å²) in [5.41, 5.74) is 10.7. The highest BCUT2D eigenvalue weighted by Crippen LogP contribution is 2.25. The van der Waals surface area contributed by atoms with Crippen molar-refractivity contribution in [2.75, 3.05) is 0 Å². The van der Waals surface area contributed by atoms with E-state index in [0.717, 1.165) is 21.9 Å². The smallest absolute Gasteiger partial charge is 0.162 e. The first-order valence-electron chi connectivity index (χ1n) is 7.05. The molecule has 1 atom stereocenters. The monoisotopic (exact) mass is 289 g/mol. The van der Waals surface area contributed by atoms with E-state index in [4.69, 9.17) is 10.3 Å². The number of rotatable bonds is 5. The number of azide groups is 1. The van der Waals surface area contributed by atoms with Crippen molar-refractivity contribution >= 4 is 10.8 Å². The second-order valence-corrected chi connectivity index (χ2v) is 4.96. The maximum Gasteiger partial charge on any atom is 0.162 e. The number of fused-ring (bicyclic) bond motifs is 1. The summed E-state index contributed by atoms with van der Waals surface area (Å²) < 4.78 is 5.78. The van der Waals surface area contributed by atoms with Crippen LogP contribution in [0, 0.1) is 0 Å². The van der Waals surface area contributed by atoms with Crippen molar-refractivity contribution in [3.8, 4) is 0 Å². The van der Waals surface area contributed by atoms with Gasteiger partial charge < -0.3 is 4.74 Å². The van der Waals surface area contributed by atoms with Crippen molar-refractivity contribution in [2.45, 2.75) is 12.8 Å². The Morgan fingerprint density at radius 3 is 2.41 bits per heavy atom. The lowest BCUT2D eigenvalue weighted by atomic mass is 10.1. The van der Waals surface area contributed by atoms with Gasteiger partial charge in [0, 0.05) is 4.91 Å². The maximum absolute atomic E-state index is 8.79. The molecule has 0 aliphatic heterocycles. The zero-order valence-electron chi connectivity index (χ0n) is 12.0. The van der Waals surface area contributed by atoms with Crippen molar-refractivity contribution in [3.63, 3.8) is 0 Å². The number of hydrogen-bond acceptors (Lipinski definition) is 2. The standard InChI is InChI=1S/C18H15N3O/c19-21-20-18(22-13-14-6-2-1-3-7-14)17-11-10-15-8-4-5-9-16(15)12-17/h1-12,18H,13H2. The van der Waals surface area contributed by atoms with Gasteiger partial charge in [0.05, 0.1) is 6.61 Å². The number of nitrogens with zero attached hydrogens (tertiary/aromatic N) is 3. The molecule has 0 aliphatic carbocycles. The van der Waals surface area contributed by atoms with Crippen LogP contribution in [0.15, 0.2) is 77.9 Å². The molecule has 4 nitrogen and oxygen atoms in total. The minimum Gasteiger partial charge on any atom is -0.363 e. The van der Waals surface area contributed by atoms with E-state index in [1.54, 1.807) is 0 Å². The molecule has 108 valence electrons. The van der Waals surface area contributed by atoms with Crippen LogP contribution in [0.5, 0.6) is 0 Å². The van der Waals surface area contributed by atoms with Crippen molar-refractivity contribution in [2.24, 2.45) is 5.11 Å². The highest BCUT2D eigenvalue weighted by Gasteiger charge is 2.10. The summed E-state index contributed by atoms with van der Waals surface area (Å²) in [6, 6.07) is 23.8. The van der Waals surface area contributed by atoms with Crippen LogP contribution in [0.1, 0.15) is 17.4 Å². The average Bonchev–Trinajstić information content (AvgIpc) is 2.59. The SMILES string of the molecule is [N-]=[N+]=NC(OCc1ccccc1)c1ccc2ccccc2c1. The van der Waals surface area contributed by atoms with Gasteiger partial charge in [-0.15, -0.1) is 0 Å². The summed E-state index contributed by atoms with van der Waals surface area (Å²) in [6.45, 7) is 0.400. The topological polar surface area (TPSA) is 58.0 Å². The molecule has 0 radical (unpaired) electrons. The number of benzene rings is 3. The second kappa shape index (κ2) is 6.76. The fourth-order valence-corrected chi connectivity index (χ4v) is 2.35. The third-order valence-electron chi connectivity index (χ3n) is 3.47. The Bertz CT molecular complexity index is 811. The first kappa shape index (κ1) is 14.1. The lowest BCUT2D eigenvalue weighted by molar-refractivity contribution is 0.0445. The largest absolute Gasteiger partial charge is 0.363 e. The minimum atomic E-state index is -0.630. The molecular formula is C18H15N3O. The molecule has 0 N–H and O–H groups in total. The number of ether oxygens (including phenoxy) is 1. The first-order chi connectivity index (χ1) is 10.9. The van der Waals surface area contributed by atoms with E-state index < -0.39 is 6.23 Å². The van der Waals surface area contributed by atoms with Crippen LogP contribution < -0.4 is 0 Å².